The first-order valence-electron chi connectivity index (χ1n) is 6.36. The van der Waals surface area contributed by atoms with Gasteiger partial charge in [-0.2, -0.15) is 0 Å². The highest BCUT2D eigenvalue weighted by atomic mass is 35.5. The molecule has 20 heavy (non-hydrogen) atoms. The fraction of sp³-hybridized carbons (Fsp3) is 0.429. The van der Waals surface area contributed by atoms with Gasteiger partial charge < -0.3 is 15.0 Å². The molecule has 0 aliphatic heterocycles. The van der Waals surface area contributed by atoms with Crippen LogP contribution in [0, 0.1) is 0 Å². The highest BCUT2D eigenvalue weighted by Crippen LogP contribution is 2.14. The zero-order chi connectivity index (χ0) is 15.1. The van der Waals surface area contributed by atoms with Crippen molar-refractivity contribution in [2.45, 2.75) is 20.0 Å². The third kappa shape index (κ3) is 5.19. The Balaban J connectivity index is 2.51. The van der Waals surface area contributed by atoms with Crippen LogP contribution in [0.4, 0.5) is 5.69 Å². The van der Waals surface area contributed by atoms with Crippen molar-refractivity contribution in [2.75, 3.05) is 25.5 Å². The summed E-state index contributed by atoms with van der Waals surface area (Å²) in [5.74, 6) is -0.514. The van der Waals surface area contributed by atoms with Crippen LogP contribution in [0.2, 0.25) is 5.02 Å². The van der Waals surface area contributed by atoms with Crippen molar-refractivity contribution >= 4 is 29.1 Å². The van der Waals surface area contributed by atoms with Gasteiger partial charge in [-0.1, -0.05) is 17.7 Å². The molecule has 6 heteroatoms. The first-order chi connectivity index (χ1) is 9.43. The summed E-state index contributed by atoms with van der Waals surface area (Å²) in [4.78, 5) is 25.0. The molecule has 0 aliphatic rings. The van der Waals surface area contributed by atoms with E-state index in [-0.39, 0.29) is 18.4 Å². The van der Waals surface area contributed by atoms with E-state index in [2.05, 4.69) is 5.32 Å². The average Bonchev–Trinajstić information content (AvgIpc) is 2.37. The van der Waals surface area contributed by atoms with E-state index in [0.717, 1.165) is 0 Å². The van der Waals surface area contributed by atoms with Gasteiger partial charge >= 0.3 is 0 Å². The Morgan fingerprint density at radius 1 is 1.45 bits per heavy atom. The van der Waals surface area contributed by atoms with Gasteiger partial charge in [0.25, 0.3) is 5.91 Å². The zero-order valence-corrected chi connectivity index (χ0v) is 12.6. The minimum atomic E-state index is -0.552. The molecular formula is C14H19ClN2O3. The van der Waals surface area contributed by atoms with Crippen LogP contribution in [-0.2, 0) is 14.3 Å². The minimum Gasteiger partial charge on any atom is -0.369 e. The lowest BCUT2D eigenvalue weighted by atomic mass is 10.3. The first kappa shape index (κ1) is 16.5. The van der Waals surface area contributed by atoms with Gasteiger partial charge in [-0.25, -0.2) is 0 Å². The van der Waals surface area contributed by atoms with Crippen molar-refractivity contribution in [3.05, 3.63) is 29.3 Å². The summed E-state index contributed by atoms with van der Waals surface area (Å²) in [6, 6.07) is 6.83. The molecule has 1 aromatic rings. The van der Waals surface area contributed by atoms with Crippen LogP contribution < -0.4 is 5.32 Å². The number of amides is 2. The number of anilines is 1. The number of likely N-dealkylation sites (N-methyl/N-ethyl adjacent to an activating group) is 1. The molecule has 1 unspecified atom stereocenters. The first-order valence-corrected chi connectivity index (χ1v) is 6.73. The van der Waals surface area contributed by atoms with Crippen LogP contribution in [0.25, 0.3) is 0 Å². The van der Waals surface area contributed by atoms with Crippen molar-refractivity contribution in [3.63, 3.8) is 0 Å². The Bertz CT molecular complexity index is 479. The summed E-state index contributed by atoms with van der Waals surface area (Å²) in [5, 5.41) is 3.22. The number of nitrogens with zero attached hydrogens (tertiary/aromatic N) is 1. The number of ether oxygens (including phenoxy) is 1. The second-order valence-electron chi connectivity index (χ2n) is 4.35. The SMILES string of the molecule is CCOC(C)C(=O)N(C)CC(=O)Nc1cccc(Cl)c1. The van der Waals surface area contributed by atoms with Crippen molar-refractivity contribution in [3.8, 4) is 0 Å². The Labute approximate surface area is 123 Å². The van der Waals surface area contributed by atoms with Crippen LogP contribution in [0.5, 0.6) is 0 Å². The summed E-state index contributed by atoms with van der Waals surface area (Å²) < 4.78 is 5.20. The van der Waals surface area contributed by atoms with Crippen LogP contribution in [-0.4, -0.2) is 43.0 Å². The maximum absolute atomic E-state index is 11.9. The molecule has 0 fully saturated rings. The Morgan fingerprint density at radius 2 is 2.15 bits per heavy atom. The van der Waals surface area contributed by atoms with E-state index in [0.29, 0.717) is 17.3 Å². The van der Waals surface area contributed by atoms with E-state index in [4.69, 9.17) is 16.3 Å². The molecule has 2 amide bonds. The number of hydrogen-bond donors (Lipinski definition) is 1. The predicted octanol–water partition coefficient (Wildman–Crippen LogP) is 2.16. The Hall–Kier alpha value is -1.59. The van der Waals surface area contributed by atoms with Crippen LogP contribution >= 0.6 is 11.6 Å². The molecule has 0 spiro atoms. The molecule has 5 nitrogen and oxygen atoms in total. The number of rotatable bonds is 6. The number of carbonyl (C=O) groups is 2. The molecule has 0 heterocycles. The standard InChI is InChI=1S/C14H19ClN2O3/c1-4-20-10(2)14(19)17(3)9-13(18)16-12-7-5-6-11(15)8-12/h5-8,10H,4,9H2,1-3H3,(H,16,18). The fourth-order valence-corrected chi connectivity index (χ4v) is 1.88. The van der Waals surface area contributed by atoms with Gasteiger partial charge in [0.15, 0.2) is 0 Å². The van der Waals surface area contributed by atoms with Gasteiger partial charge in [-0.15, -0.1) is 0 Å². The van der Waals surface area contributed by atoms with Crippen molar-refractivity contribution < 1.29 is 14.3 Å². The maximum atomic E-state index is 11.9. The normalized spacial score (nSPS) is 11.8. The molecule has 110 valence electrons. The van der Waals surface area contributed by atoms with Crippen LogP contribution in [0.15, 0.2) is 24.3 Å². The number of benzene rings is 1. The highest BCUT2D eigenvalue weighted by molar-refractivity contribution is 6.30. The van der Waals surface area contributed by atoms with Gasteiger partial charge in [-0.05, 0) is 32.0 Å². The molecule has 0 radical (unpaired) electrons. The molecule has 1 N–H and O–H groups in total. The van der Waals surface area contributed by atoms with E-state index in [9.17, 15) is 9.59 Å². The molecular weight excluding hydrogens is 280 g/mol. The smallest absolute Gasteiger partial charge is 0.251 e. The highest BCUT2D eigenvalue weighted by Gasteiger charge is 2.19. The quantitative estimate of drug-likeness (QED) is 0.875. The van der Waals surface area contributed by atoms with Gasteiger partial charge in [0.1, 0.15) is 6.10 Å². The molecule has 0 aromatic heterocycles. The monoisotopic (exact) mass is 298 g/mol. The number of halogens is 1. The summed E-state index contributed by atoms with van der Waals surface area (Å²) >= 11 is 5.83. The lowest BCUT2D eigenvalue weighted by molar-refractivity contribution is -0.142. The Kier molecular flexibility index (Phi) is 6.48. The molecule has 0 bridgehead atoms. The Morgan fingerprint density at radius 3 is 2.75 bits per heavy atom. The molecule has 0 aliphatic carbocycles. The van der Waals surface area contributed by atoms with E-state index in [1.54, 1.807) is 38.2 Å². The minimum absolute atomic E-state index is 0.0389. The molecule has 1 aromatic carbocycles. The van der Waals surface area contributed by atoms with Gasteiger partial charge in [-0.3, -0.25) is 9.59 Å². The molecule has 1 atom stereocenters. The molecule has 0 saturated carbocycles. The van der Waals surface area contributed by atoms with Gasteiger partial charge in [0.05, 0.1) is 6.54 Å². The van der Waals surface area contributed by atoms with Gasteiger partial charge in [0, 0.05) is 24.4 Å². The lowest BCUT2D eigenvalue weighted by Gasteiger charge is -2.20. The molecule has 0 saturated heterocycles. The zero-order valence-electron chi connectivity index (χ0n) is 11.9. The topological polar surface area (TPSA) is 58.6 Å². The molecule has 1 rings (SSSR count). The lowest BCUT2D eigenvalue weighted by Crippen LogP contribution is -2.40. The summed E-state index contributed by atoms with van der Waals surface area (Å²) in [5.41, 5.74) is 0.598. The fourth-order valence-electron chi connectivity index (χ4n) is 1.69. The second-order valence-corrected chi connectivity index (χ2v) is 4.79. The van der Waals surface area contributed by atoms with Crippen molar-refractivity contribution in [1.29, 1.82) is 0 Å². The van der Waals surface area contributed by atoms with E-state index in [1.807, 2.05) is 6.92 Å². The summed E-state index contributed by atoms with van der Waals surface area (Å²) in [6.45, 7) is 3.89. The number of hydrogen-bond acceptors (Lipinski definition) is 3. The third-order valence-corrected chi connectivity index (χ3v) is 2.86. The van der Waals surface area contributed by atoms with Crippen molar-refractivity contribution in [2.24, 2.45) is 0 Å². The largest absolute Gasteiger partial charge is 0.369 e. The van der Waals surface area contributed by atoms with Gasteiger partial charge in [0.2, 0.25) is 5.91 Å². The van der Waals surface area contributed by atoms with E-state index in [1.165, 1.54) is 4.90 Å². The third-order valence-electron chi connectivity index (χ3n) is 2.63. The number of carbonyl (C=O) groups excluding carboxylic acids is 2. The second kappa shape index (κ2) is 7.87. The number of nitrogens with one attached hydrogen (secondary N) is 1. The van der Waals surface area contributed by atoms with E-state index >= 15 is 0 Å². The van der Waals surface area contributed by atoms with Crippen LogP contribution in [0.3, 0.4) is 0 Å². The maximum Gasteiger partial charge on any atom is 0.251 e. The van der Waals surface area contributed by atoms with Crippen molar-refractivity contribution in [1.82, 2.24) is 4.90 Å². The predicted molar refractivity (Wildman–Crippen MR) is 78.8 cm³/mol. The average molecular weight is 299 g/mol. The summed E-state index contributed by atoms with van der Waals surface area (Å²) in [7, 11) is 1.56. The van der Waals surface area contributed by atoms with Crippen LogP contribution in [0.1, 0.15) is 13.8 Å². The van der Waals surface area contributed by atoms with E-state index < -0.39 is 6.10 Å². The summed E-state index contributed by atoms with van der Waals surface area (Å²) in [6.07, 6.45) is -0.552.